The van der Waals surface area contributed by atoms with Crippen molar-refractivity contribution < 1.29 is 9.90 Å². The number of benzene rings is 1. The standard InChI is InChI=1S/C14H19ClN2O2/c1-9-7-17(8-10(2)16(9)3)14(19)11-4-5-13(18)12(15)6-11/h4-6,9-10,18H,7-8H2,1-3H3. The van der Waals surface area contributed by atoms with Gasteiger partial charge < -0.3 is 10.0 Å². The lowest BCUT2D eigenvalue weighted by molar-refractivity contribution is 0.0414. The van der Waals surface area contributed by atoms with E-state index >= 15 is 0 Å². The molecule has 5 heteroatoms. The van der Waals surface area contributed by atoms with Crippen molar-refractivity contribution in [3.05, 3.63) is 28.8 Å². The average molecular weight is 283 g/mol. The van der Waals surface area contributed by atoms with E-state index in [9.17, 15) is 9.90 Å². The van der Waals surface area contributed by atoms with Crippen LogP contribution in [-0.2, 0) is 0 Å². The van der Waals surface area contributed by atoms with Crippen molar-refractivity contribution in [2.45, 2.75) is 25.9 Å². The molecule has 0 spiro atoms. The molecule has 1 N–H and O–H groups in total. The molecule has 1 aliphatic rings. The predicted octanol–water partition coefficient (Wildman–Crippen LogP) is 2.21. The highest BCUT2D eigenvalue weighted by molar-refractivity contribution is 6.32. The molecular weight excluding hydrogens is 264 g/mol. The molecule has 2 rings (SSSR count). The number of hydrogen-bond acceptors (Lipinski definition) is 3. The Morgan fingerprint density at radius 3 is 2.42 bits per heavy atom. The van der Waals surface area contributed by atoms with Gasteiger partial charge in [0.1, 0.15) is 5.75 Å². The molecule has 1 saturated heterocycles. The van der Waals surface area contributed by atoms with E-state index in [1.807, 2.05) is 4.90 Å². The zero-order valence-electron chi connectivity index (χ0n) is 11.4. The molecule has 2 unspecified atom stereocenters. The summed E-state index contributed by atoms with van der Waals surface area (Å²) in [6.45, 7) is 5.63. The molecule has 0 aromatic heterocycles. The first-order valence-corrected chi connectivity index (χ1v) is 6.77. The molecule has 1 amide bonds. The van der Waals surface area contributed by atoms with Crippen molar-refractivity contribution >= 4 is 17.5 Å². The Hall–Kier alpha value is -1.26. The van der Waals surface area contributed by atoms with Crippen LogP contribution in [0.4, 0.5) is 0 Å². The quantitative estimate of drug-likeness (QED) is 0.859. The third-order valence-corrected chi connectivity index (χ3v) is 4.14. The van der Waals surface area contributed by atoms with Gasteiger partial charge in [0.2, 0.25) is 0 Å². The van der Waals surface area contributed by atoms with Crippen molar-refractivity contribution in [1.82, 2.24) is 9.80 Å². The number of piperazine rings is 1. The minimum atomic E-state index is -0.0336. The van der Waals surface area contributed by atoms with Crippen molar-refractivity contribution in [3.63, 3.8) is 0 Å². The Morgan fingerprint density at radius 1 is 1.32 bits per heavy atom. The molecule has 0 aliphatic carbocycles. The monoisotopic (exact) mass is 282 g/mol. The SMILES string of the molecule is CC1CN(C(=O)c2ccc(O)c(Cl)c2)CC(C)N1C. The van der Waals surface area contributed by atoms with Crippen LogP contribution >= 0.6 is 11.6 Å². The molecule has 1 aliphatic heterocycles. The number of carbonyl (C=O) groups is 1. The van der Waals surface area contributed by atoms with E-state index in [4.69, 9.17) is 11.6 Å². The van der Waals surface area contributed by atoms with Gasteiger partial charge in [0, 0.05) is 30.7 Å². The summed E-state index contributed by atoms with van der Waals surface area (Å²) < 4.78 is 0. The van der Waals surface area contributed by atoms with Gasteiger partial charge in [-0.1, -0.05) is 11.6 Å². The van der Waals surface area contributed by atoms with E-state index in [1.165, 1.54) is 12.1 Å². The fourth-order valence-corrected chi connectivity index (χ4v) is 2.57. The van der Waals surface area contributed by atoms with Gasteiger partial charge in [-0.2, -0.15) is 0 Å². The van der Waals surface area contributed by atoms with Crippen LogP contribution in [0.25, 0.3) is 0 Å². The molecule has 1 fully saturated rings. The van der Waals surface area contributed by atoms with Crippen LogP contribution in [-0.4, -0.2) is 53.0 Å². The van der Waals surface area contributed by atoms with E-state index in [0.717, 1.165) is 0 Å². The van der Waals surface area contributed by atoms with E-state index in [2.05, 4.69) is 25.8 Å². The van der Waals surface area contributed by atoms with Gasteiger partial charge in [0.05, 0.1) is 5.02 Å². The Bertz CT molecular complexity index is 480. The lowest BCUT2D eigenvalue weighted by Gasteiger charge is -2.42. The van der Waals surface area contributed by atoms with Gasteiger partial charge in [-0.25, -0.2) is 0 Å². The molecule has 0 bridgehead atoms. The number of rotatable bonds is 1. The van der Waals surface area contributed by atoms with Crippen molar-refractivity contribution in [2.24, 2.45) is 0 Å². The first kappa shape index (κ1) is 14.2. The van der Waals surface area contributed by atoms with Gasteiger partial charge in [0.15, 0.2) is 0 Å². The Morgan fingerprint density at radius 2 is 1.89 bits per heavy atom. The number of phenols is 1. The number of amides is 1. The molecule has 2 atom stereocenters. The first-order valence-electron chi connectivity index (χ1n) is 6.40. The van der Waals surface area contributed by atoms with Gasteiger partial charge in [-0.15, -0.1) is 0 Å². The third-order valence-electron chi connectivity index (χ3n) is 3.84. The second-order valence-electron chi connectivity index (χ2n) is 5.24. The molecule has 4 nitrogen and oxygen atoms in total. The van der Waals surface area contributed by atoms with Crippen LogP contribution in [0.3, 0.4) is 0 Å². The maximum Gasteiger partial charge on any atom is 0.254 e. The minimum absolute atomic E-state index is 0.00155. The van der Waals surface area contributed by atoms with E-state index in [1.54, 1.807) is 6.07 Å². The highest BCUT2D eigenvalue weighted by Gasteiger charge is 2.29. The van der Waals surface area contributed by atoms with Crippen LogP contribution in [0.5, 0.6) is 5.75 Å². The maximum atomic E-state index is 12.4. The Balaban J connectivity index is 2.17. The number of nitrogens with zero attached hydrogens (tertiary/aromatic N) is 2. The van der Waals surface area contributed by atoms with Crippen LogP contribution in [0.15, 0.2) is 18.2 Å². The third kappa shape index (κ3) is 2.85. The number of hydrogen-bond donors (Lipinski definition) is 1. The van der Waals surface area contributed by atoms with Crippen LogP contribution in [0.1, 0.15) is 24.2 Å². The molecule has 1 heterocycles. The molecule has 1 aromatic carbocycles. The fourth-order valence-electron chi connectivity index (χ4n) is 2.39. The minimum Gasteiger partial charge on any atom is -0.506 e. The van der Waals surface area contributed by atoms with Gasteiger partial charge in [-0.3, -0.25) is 9.69 Å². The van der Waals surface area contributed by atoms with Gasteiger partial charge >= 0.3 is 0 Å². The lowest BCUT2D eigenvalue weighted by atomic mass is 10.1. The van der Waals surface area contributed by atoms with E-state index < -0.39 is 0 Å². The largest absolute Gasteiger partial charge is 0.506 e. The summed E-state index contributed by atoms with van der Waals surface area (Å²) in [5, 5.41) is 9.60. The predicted molar refractivity (Wildman–Crippen MR) is 75.7 cm³/mol. The summed E-state index contributed by atoms with van der Waals surface area (Å²) >= 11 is 5.85. The summed E-state index contributed by atoms with van der Waals surface area (Å²) in [4.78, 5) is 16.5. The average Bonchev–Trinajstić information content (AvgIpc) is 2.37. The molecule has 19 heavy (non-hydrogen) atoms. The van der Waals surface area contributed by atoms with Crippen LogP contribution in [0.2, 0.25) is 5.02 Å². The number of halogens is 1. The zero-order valence-corrected chi connectivity index (χ0v) is 12.2. The van der Waals surface area contributed by atoms with Gasteiger partial charge in [-0.05, 0) is 39.1 Å². The first-order chi connectivity index (χ1) is 8.90. The number of likely N-dealkylation sites (N-methyl/N-ethyl adjacent to an activating group) is 1. The smallest absolute Gasteiger partial charge is 0.254 e. The molecule has 0 radical (unpaired) electrons. The highest BCUT2D eigenvalue weighted by Crippen LogP contribution is 2.25. The maximum absolute atomic E-state index is 12.4. The molecule has 0 saturated carbocycles. The summed E-state index contributed by atoms with van der Waals surface area (Å²) in [7, 11) is 2.08. The molecule has 104 valence electrons. The number of carbonyl (C=O) groups excluding carboxylic acids is 1. The van der Waals surface area contributed by atoms with E-state index in [-0.39, 0.29) is 16.7 Å². The summed E-state index contributed by atoms with van der Waals surface area (Å²) in [5.41, 5.74) is 0.520. The second-order valence-corrected chi connectivity index (χ2v) is 5.65. The Kier molecular flexibility index (Phi) is 4.02. The number of aromatic hydroxyl groups is 1. The summed E-state index contributed by atoms with van der Waals surface area (Å²) in [6, 6.07) is 5.25. The fraction of sp³-hybridized carbons (Fsp3) is 0.500. The van der Waals surface area contributed by atoms with Crippen molar-refractivity contribution in [2.75, 3.05) is 20.1 Å². The van der Waals surface area contributed by atoms with Crippen LogP contribution < -0.4 is 0 Å². The zero-order chi connectivity index (χ0) is 14.2. The highest BCUT2D eigenvalue weighted by atomic mass is 35.5. The Labute approximate surface area is 118 Å². The molecular formula is C14H19ClN2O2. The van der Waals surface area contributed by atoms with Crippen molar-refractivity contribution in [1.29, 1.82) is 0 Å². The molecule has 1 aromatic rings. The van der Waals surface area contributed by atoms with Crippen molar-refractivity contribution in [3.8, 4) is 5.75 Å². The van der Waals surface area contributed by atoms with Gasteiger partial charge in [0.25, 0.3) is 5.91 Å². The van der Waals surface area contributed by atoms with Crippen LogP contribution in [0, 0.1) is 0 Å². The number of phenolic OH excluding ortho intramolecular Hbond substituents is 1. The summed E-state index contributed by atoms with van der Waals surface area (Å²) in [6.07, 6.45) is 0. The second kappa shape index (κ2) is 5.39. The normalized spacial score (nSPS) is 24.5. The van der Waals surface area contributed by atoms with E-state index in [0.29, 0.717) is 30.7 Å². The lowest BCUT2D eigenvalue weighted by Crippen LogP contribution is -2.56. The summed E-state index contributed by atoms with van der Waals surface area (Å²) in [5.74, 6) is -0.0352. The topological polar surface area (TPSA) is 43.8 Å².